The molecule has 2 aromatic rings. The third kappa shape index (κ3) is 2.74. The van der Waals surface area contributed by atoms with Crippen LogP contribution in [-0.2, 0) is 6.54 Å². The molecule has 1 heterocycles. The van der Waals surface area contributed by atoms with Crippen molar-refractivity contribution >= 4 is 5.95 Å². The van der Waals surface area contributed by atoms with Crippen molar-refractivity contribution in [3.05, 3.63) is 47.8 Å². The summed E-state index contributed by atoms with van der Waals surface area (Å²) in [6.45, 7) is 2.58. The van der Waals surface area contributed by atoms with E-state index in [9.17, 15) is 0 Å². The Labute approximate surface area is 88.4 Å². The minimum absolute atomic E-state index is 0.560. The molecule has 0 saturated heterocycles. The molecular formula is C11H12N4. The number of aryl methyl sites for hydroxylation is 1. The Bertz CT molecular complexity index is 410. The monoisotopic (exact) mass is 200 g/mol. The average Bonchev–Trinajstić information content (AvgIpc) is 2.30. The van der Waals surface area contributed by atoms with Gasteiger partial charge in [-0.3, -0.25) is 0 Å². The molecule has 0 bridgehead atoms. The van der Waals surface area contributed by atoms with Crippen molar-refractivity contribution in [3.63, 3.8) is 0 Å². The molecule has 15 heavy (non-hydrogen) atoms. The van der Waals surface area contributed by atoms with Gasteiger partial charge in [-0.25, -0.2) is 4.98 Å². The molecule has 0 amide bonds. The fraction of sp³-hybridized carbons (Fsp3) is 0.182. The van der Waals surface area contributed by atoms with Crippen LogP contribution in [0.1, 0.15) is 11.3 Å². The van der Waals surface area contributed by atoms with Gasteiger partial charge in [-0.1, -0.05) is 30.3 Å². The van der Waals surface area contributed by atoms with Gasteiger partial charge in [-0.2, -0.15) is 5.10 Å². The Morgan fingerprint density at radius 3 is 2.60 bits per heavy atom. The van der Waals surface area contributed by atoms with Gasteiger partial charge in [0.05, 0.1) is 11.9 Å². The molecule has 0 aliphatic rings. The van der Waals surface area contributed by atoms with Crippen molar-refractivity contribution in [1.29, 1.82) is 0 Å². The second-order valence-corrected chi connectivity index (χ2v) is 3.26. The number of benzene rings is 1. The molecule has 0 radical (unpaired) electrons. The fourth-order valence-corrected chi connectivity index (χ4v) is 1.19. The van der Waals surface area contributed by atoms with E-state index in [0.717, 1.165) is 5.69 Å². The standard InChI is InChI=1S/C11H12N4/c1-9-7-12-11(15-14-9)13-8-10-5-3-2-4-6-10/h2-7H,8H2,1H3,(H,12,13,15). The van der Waals surface area contributed by atoms with Gasteiger partial charge in [0.1, 0.15) is 0 Å². The summed E-state index contributed by atoms with van der Waals surface area (Å²) in [4.78, 5) is 4.11. The lowest BCUT2D eigenvalue weighted by Crippen LogP contribution is -2.04. The highest BCUT2D eigenvalue weighted by Crippen LogP contribution is 2.02. The molecule has 2 rings (SSSR count). The van der Waals surface area contributed by atoms with Crippen LogP contribution >= 0.6 is 0 Å². The number of hydrogen-bond acceptors (Lipinski definition) is 4. The van der Waals surface area contributed by atoms with E-state index in [4.69, 9.17) is 0 Å². The predicted octanol–water partition coefficient (Wildman–Crippen LogP) is 1.79. The minimum atomic E-state index is 0.560. The van der Waals surface area contributed by atoms with Gasteiger partial charge >= 0.3 is 0 Å². The maximum Gasteiger partial charge on any atom is 0.242 e. The molecule has 1 N–H and O–H groups in total. The first-order valence-electron chi connectivity index (χ1n) is 4.79. The van der Waals surface area contributed by atoms with E-state index in [2.05, 4.69) is 32.6 Å². The number of aromatic nitrogens is 3. The van der Waals surface area contributed by atoms with Gasteiger partial charge in [0, 0.05) is 6.54 Å². The van der Waals surface area contributed by atoms with E-state index in [0.29, 0.717) is 12.5 Å². The molecule has 0 aliphatic heterocycles. The summed E-state index contributed by atoms with van der Waals surface area (Å²) in [6.07, 6.45) is 1.69. The van der Waals surface area contributed by atoms with Crippen molar-refractivity contribution in [2.45, 2.75) is 13.5 Å². The Hall–Kier alpha value is -1.97. The van der Waals surface area contributed by atoms with Crippen molar-refractivity contribution in [2.24, 2.45) is 0 Å². The molecule has 0 atom stereocenters. The zero-order valence-corrected chi connectivity index (χ0v) is 8.51. The van der Waals surface area contributed by atoms with E-state index < -0.39 is 0 Å². The topological polar surface area (TPSA) is 50.7 Å². The van der Waals surface area contributed by atoms with E-state index in [1.54, 1.807) is 6.20 Å². The van der Waals surface area contributed by atoms with Gasteiger partial charge in [0.25, 0.3) is 0 Å². The lowest BCUT2D eigenvalue weighted by Gasteiger charge is -2.03. The van der Waals surface area contributed by atoms with E-state index in [1.165, 1.54) is 5.56 Å². The molecular weight excluding hydrogens is 188 g/mol. The van der Waals surface area contributed by atoms with Gasteiger partial charge in [0.15, 0.2) is 0 Å². The molecule has 0 fully saturated rings. The lowest BCUT2D eigenvalue weighted by molar-refractivity contribution is 0.911. The summed E-state index contributed by atoms with van der Waals surface area (Å²) in [5.74, 6) is 0.560. The van der Waals surface area contributed by atoms with Crippen LogP contribution in [-0.4, -0.2) is 15.2 Å². The first kappa shape index (κ1) is 9.58. The second kappa shape index (κ2) is 4.50. The molecule has 1 aromatic carbocycles. The Morgan fingerprint density at radius 1 is 1.13 bits per heavy atom. The smallest absolute Gasteiger partial charge is 0.242 e. The number of rotatable bonds is 3. The summed E-state index contributed by atoms with van der Waals surface area (Å²) in [5, 5.41) is 10.9. The van der Waals surface area contributed by atoms with Crippen molar-refractivity contribution in [2.75, 3.05) is 5.32 Å². The van der Waals surface area contributed by atoms with Gasteiger partial charge in [-0.05, 0) is 12.5 Å². The average molecular weight is 200 g/mol. The third-order valence-corrected chi connectivity index (χ3v) is 1.97. The van der Waals surface area contributed by atoms with Crippen LogP contribution in [0.25, 0.3) is 0 Å². The molecule has 4 nitrogen and oxygen atoms in total. The molecule has 0 saturated carbocycles. The van der Waals surface area contributed by atoms with Crippen LogP contribution in [0.3, 0.4) is 0 Å². The summed E-state index contributed by atoms with van der Waals surface area (Å²) >= 11 is 0. The van der Waals surface area contributed by atoms with Crippen molar-refractivity contribution < 1.29 is 0 Å². The largest absolute Gasteiger partial charge is 0.349 e. The van der Waals surface area contributed by atoms with E-state index >= 15 is 0 Å². The van der Waals surface area contributed by atoms with Gasteiger partial charge in [-0.15, -0.1) is 5.10 Å². The second-order valence-electron chi connectivity index (χ2n) is 3.26. The summed E-state index contributed by atoms with van der Waals surface area (Å²) < 4.78 is 0. The minimum Gasteiger partial charge on any atom is -0.349 e. The molecule has 0 spiro atoms. The first-order chi connectivity index (χ1) is 7.34. The highest BCUT2D eigenvalue weighted by Gasteiger charge is 1.95. The maximum atomic E-state index is 4.11. The number of hydrogen-bond donors (Lipinski definition) is 1. The molecule has 1 aromatic heterocycles. The molecule has 4 heteroatoms. The van der Waals surface area contributed by atoms with Gasteiger partial charge < -0.3 is 5.32 Å². The Kier molecular flexibility index (Phi) is 2.88. The Morgan fingerprint density at radius 2 is 1.93 bits per heavy atom. The summed E-state index contributed by atoms with van der Waals surface area (Å²) in [6, 6.07) is 10.1. The number of anilines is 1. The van der Waals surface area contributed by atoms with Gasteiger partial charge in [0.2, 0.25) is 5.95 Å². The maximum absolute atomic E-state index is 4.11. The summed E-state index contributed by atoms with van der Waals surface area (Å²) in [5.41, 5.74) is 2.02. The van der Waals surface area contributed by atoms with Crippen LogP contribution < -0.4 is 5.32 Å². The van der Waals surface area contributed by atoms with E-state index in [1.807, 2.05) is 25.1 Å². The van der Waals surface area contributed by atoms with Crippen LogP contribution in [0.2, 0.25) is 0 Å². The first-order valence-corrected chi connectivity index (χ1v) is 4.79. The van der Waals surface area contributed by atoms with Crippen LogP contribution in [0, 0.1) is 6.92 Å². The fourth-order valence-electron chi connectivity index (χ4n) is 1.19. The lowest BCUT2D eigenvalue weighted by atomic mass is 10.2. The quantitative estimate of drug-likeness (QED) is 0.820. The highest BCUT2D eigenvalue weighted by molar-refractivity contribution is 5.25. The zero-order valence-electron chi connectivity index (χ0n) is 8.51. The van der Waals surface area contributed by atoms with Crippen LogP contribution in [0.15, 0.2) is 36.5 Å². The van der Waals surface area contributed by atoms with Crippen LogP contribution in [0.5, 0.6) is 0 Å². The van der Waals surface area contributed by atoms with Crippen LogP contribution in [0.4, 0.5) is 5.95 Å². The zero-order chi connectivity index (χ0) is 10.5. The van der Waals surface area contributed by atoms with Crippen molar-refractivity contribution in [1.82, 2.24) is 15.2 Å². The Balaban J connectivity index is 1.96. The van der Waals surface area contributed by atoms with E-state index in [-0.39, 0.29) is 0 Å². The third-order valence-electron chi connectivity index (χ3n) is 1.97. The molecule has 0 aliphatic carbocycles. The molecule has 76 valence electrons. The number of nitrogens with zero attached hydrogens (tertiary/aromatic N) is 3. The molecule has 0 unspecified atom stereocenters. The van der Waals surface area contributed by atoms with Crippen molar-refractivity contribution in [3.8, 4) is 0 Å². The number of nitrogens with one attached hydrogen (secondary N) is 1. The normalized spacial score (nSPS) is 9.93. The predicted molar refractivity (Wildman–Crippen MR) is 58.3 cm³/mol. The SMILES string of the molecule is Cc1cnc(NCc2ccccc2)nn1. The summed E-state index contributed by atoms with van der Waals surface area (Å²) in [7, 11) is 0. The highest BCUT2D eigenvalue weighted by atomic mass is 15.2.